The number of morpholine rings is 1. The molecule has 0 aliphatic carbocycles. The zero-order valence-corrected chi connectivity index (χ0v) is 11.0. The molecule has 2 unspecified atom stereocenters. The Hall–Kier alpha value is -1.02. The van der Waals surface area contributed by atoms with Crippen LogP contribution in [0.4, 0.5) is 18.0 Å². The highest BCUT2D eigenvalue weighted by atomic mass is 19.4. The highest BCUT2D eigenvalue weighted by molar-refractivity contribution is 5.67. The number of ether oxygens (including phenoxy) is 2. The fraction of sp³-hybridized carbons (Fsp3) is 0.909. The summed E-state index contributed by atoms with van der Waals surface area (Å²) in [6.45, 7) is 4.62. The maximum absolute atomic E-state index is 11.8. The number of hydrogen-bond donors (Lipinski definition) is 1. The lowest BCUT2D eigenvalue weighted by molar-refractivity contribution is -0.160. The van der Waals surface area contributed by atoms with Gasteiger partial charge in [-0.1, -0.05) is 0 Å². The molecule has 1 saturated heterocycles. The molecule has 2 atom stereocenters. The summed E-state index contributed by atoms with van der Waals surface area (Å²) >= 11 is 0. The standard InChI is InChI=1S/C11H19F3N2O3/c1-8-5-16(6-9(2)19-8)4-3-15-10(17)18-7-11(12,13)14/h8-9H,3-7H2,1-2H3,(H,15,17). The monoisotopic (exact) mass is 284 g/mol. The van der Waals surface area contributed by atoms with Crippen LogP contribution in [-0.2, 0) is 9.47 Å². The first-order valence-corrected chi connectivity index (χ1v) is 6.11. The second-order valence-corrected chi connectivity index (χ2v) is 4.63. The maximum atomic E-state index is 11.8. The van der Waals surface area contributed by atoms with E-state index >= 15 is 0 Å². The van der Waals surface area contributed by atoms with Gasteiger partial charge in [-0.2, -0.15) is 13.2 Å². The van der Waals surface area contributed by atoms with Crippen molar-refractivity contribution in [2.45, 2.75) is 32.2 Å². The molecular weight excluding hydrogens is 265 g/mol. The first kappa shape index (κ1) is 16.0. The van der Waals surface area contributed by atoms with Crippen molar-refractivity contribution in [1.29, 1.82) is 0 Å². The summed E-state index contributed by atoms with van der Waals surface area (Å²) < 4.78 is 44.9. The molecule has 5 nitrogen and oxygen atoms in total. The van der Waals surface area contributed by atoms with Gasteiger partial charge in [-0.25, -0.2) is 4.79 Å². The van der Waals surface area contributed by atoms with Gasteiger partial charge in [0.1, 0.15) is 0 Å². The molecule has 112 valence electrons. The number of carbonyl (C=O) groups excluding carboxylic acids is 1. The van der Waals surface area contributed by atoms with Gasteiger partial charge >= 0.3 is 12.3 Å². The summed E-state index contributed by atoms with van der Waals surface area (Å²) in [5, 5.41) is 2.29. The number of carbonyl (C=O) groups is 1. The molecule has 0 aromatic rings. The Morgan fingerprint density at radius 1 is 1.37 bits per heavy atom. The van der Waals surface area contributed by atoms with E-state index in [1.54, 1.807) is 0 Å². The number of halogens is 3. The summed E-state index contributed by atoms with van der Waals surface area (Å²) in [5.74, 6) is 0. The number of alkyl halides is 3. The van der Waals surface area contributed by atoms with E-state index in [2.05, 4.69) is 15.0 Å². The molecule has 0 radical (unpaired) electrons. The number of nitrogens with zero attached hydrogens (tertiary/aromatic N) is 1. The summed E-state index contributed by atoms with van der Waals surface area (Å²) in [6, 6.07) is 0. The zero-order chi connectivity index (χ0) is 14.5. The van der Waals surface area contributed by atoms with Crippen LogP contribution < -0.4 is 5.32 Å². The van der Waals surface area contributed by atoms with Crippen LogP contribution in [0, 0.1) is 0 Å². The lowest BCUT2D eigenvalue weighted by Crippen LogP contribution is -2.48. The highest BCUT2D eigenvalue weighted by Gasteiger charge is 2.29. The number of amides is 1. The largest absolute Gasteiger partial charge is 0.440 e. The van der Waals surface area contributed by atoms with Crippen molar-refractivity contribution in [3.05, 3.63) is 0 Å². The van der Waals surface area contributed by atoms with E-state index in [0.717, 1.165) is 13.1 Å². The third kappa shape index (κ3) is 7.22. The van der Waals surface area contributed by atoms with E-state index in [4.69, 9.17) is 4.74 Å². The van der Waals surface area contributed by atoms with E-state index < -0.39 is 18.9 Å². The lowest BCUT2D eigenvalue weighted by atomic mass is 10.2. The van der Waals surface area contributed by atoms with Crippen molar-refractivity contribution < 1.29 is 27.4 Å². The molecule has 0 aromatic heterocycles. The second kappa shape index (κ2) is 6.95. The van der Waals surface area contributed by atoms with Gasteiger partial charge in [-0.05, 0) is 13.8 Å². The quantitative estimate of drug-likeness (QED) is 0.847. The van der Waals surface area contributed by atoms with Crippen LogP contribution in [0.25, 0.3) is 0 Å². The van der Waals surface area contributed by atoms with Gasteiger partial charge in [-0.15, -0.1) is 0 Å². The molecule has 1 rings (SSSR count). The molecule has 1 aliphatic heterocycles. The topological polar surface area (TPSA) is 50.8 Å². The van der Waals surface area contributed by atoms with Crippen LogP contribution in [-0.4, -0.2) is 62.2 Å². The van der Waals surface area contributed by atoms with Gasteiger partial charge in [0.25, 0.3) is 0 Å². The van der Waals surface area contributed by atoms with E-state index in [1.165, 1.54) is 0 Å². The summed E-state index contributed by atoms with van der Waals surface area (Å²) in [6.07, 6.45) is -5.32. The predicted molar refractivity (Wildman–Crippen MR) is 61.9 cm³/mol. The fourth-order valence-corrected chi connectivity index (χ4v) is 1.98. The minimum atomic E-state index is -4.49. The summed E-state index contributed by atoms with van der Waals surface area (Å²) in [7, 11) is 0. The second-order valence-electron chi connectivity index (χ2n) is 4.63. The van der Waals surface area contributed by atoms with E-state index in [-0.39, 0.29) is 18.8 Å². The number of alkyl carbamates (subject to hydrolysis) is 1. The highest BCUT2D eigenvalue weighted by Crippen LogP contribution is 2.14. The van der Waals surface area contributed by atoms with Gasteiger partial charge in [0, 0.05) is 26.2 Å². The van der Waals surface area contributed by atoms with E-state index in [0.29, 0.717) is 6.54 Å². The van der Waals surface area contributed by atoms with Crippen molar-refractivity contribution in [3.8, 4) is 0 Å². The van der Waals surface area contributed by atoms with Gasteiger partial charge < -0.3 is 14.8 Å². The smallest absolute Gasteiger partial charge is 0.422 e. The molecule has 1 aliphatic rings. The molecule has 1 N–H and O–H groups in total. The summed E-state index contributed by atoms with van der Waals surface area (Å²) in [4.78, 5) is 13.1. The maximum Gasteiger partial charge on any atom is 0.422 e. The van der Waals surface area contributed by atoms with Gasteiger partial charge in [0.05, 0.1) is 12.2 Å². The Balaban J connectivity index is 2.14. The van der Waals surface area contributed by atoms with Crippen molar-refractivity contribution in [3.63, 3.8) is 0 Å². The SMILES string of the molecule is CC1CN(CCNC(=O)OCC(F)(F)F)CC(C)O1. The number of hydrogen-bond acceptors (Lipinski definition) is 4. The average Bonchev–Trinajstić information content (AvgIpc) is 2.24. The van der Waals surface area contributed by atoms with Crippen LogP contribution in [0.5, 0.6) is 0 Å². The molecule has 0 aromatic carbocycles. The summed E-state index contributed by atoms with van der Waals surface area (Å²) in [5.41, 5.74) is 0. The minimum Gasteiger partial charge on any atom is -0.440 e. The van der Waals surface area contributed by atoms with Crippen molar-refractivity contribution in [2.75, 3.05) is 32.8 Å². The first-order valence-electron chi connectivity index (χ1n) is 6.11. The zero-order valence-electron chi connectivity index (χ0n) is 11.0. The molecule has 0 spiro atoms. The van der Waals surface area contributed by atoms with E-state index in [1.807, 2.05) is 13.8 Å². The minimum absolute atomic E-state index is 0.112. The molecule has 1 fully saturated rings. The van der Waals surface area contributed by atoms with Crippen LogP contribution >= 0.6 is 0 Å². The first-order chi connectivity index (χ1) is 8.76. The van der Waals surface area contributed by atoms with Crippen molar-refractivity contribution >= 4 is 6.09 Å². The Kier molecular flexibility index (Phi) is 5.86. The molecule has 0 saturated carbocycles. The molecule has 1 heterocycles. The molecular formula is C11H19F3N2O3. The third-order valence-electron chi connectivity index (χ3n) is 2.56. The van der Waals surface area contributed by atoms with Crippen LogP contribution in [0.2, 0.25) is 0 Å². The normalized spacial score (nSPS) is 25.1. The van der Waals surface area contributed by atoms with Gasteiger partial charge in [-0.3, -0.25) is 4.90 Å². The van der Waals surface area contributed by atoms with Gasteiger partial charge in [0.15, 0.2) is 6.61 Å². The van der Waals surface area contributed by atoms with E-state index in [9.17, 15) is 18.0 Å². The number of rotatable bonds is 4. The fourth-order valence-electron chi connectivity index (χ4n) is 1.98. The Morgan fingerprint density at radius 3 is 2.47 bits per heavy atom. The van der Waals surface area contributed by atoms with Crippen molar-refractivity contribution in [1.82, 2.24) is 10.2 Å². The average molecular weight is 284 g/mol. The third-order valence-corrected chi connectivity index (χ3v) is 2.56. The Bertz CT molecular complexity index is 289. The number of nitrogens with one attached hydrogen (secondary N) is 1. The molecule has 19 heavy (non-hydrogen) atoms. The Morgan fingerprint density at radius 2 is 1.95 bits per heavy atom. The van der Waals surface area contributed by atoms with Gasteiger partial charge in [0.2, 0.25) is 0 Å². The van der Waals surface area contributed by atoms with Crippen LogP contribution in [0.1, 0.15) is 13.8 Å². The molecule has 0 bridgehead atoms. The van der Waals surface area contributed by atoms with Crippen LogP contribution in [0.15, 0.2) is 0 Å². The Labute approximate surface area is 110 Å². The molecule has 1 amide bonds. The van der Waals surface area contributed by atoms with Crippen molar-refractivity contribution in [2.24, 2.45) is 0 Å². The lowest BCUT2D eigenvalue weighted by Gasteiger charge is -2.35. The predicted octanol–water partition coefficient (Wildman–Crippen LogP) is 1.38. The van der Waals surface area contributed by atoms with Crippen LogP contribution in [0.3, 0.4) is 0 Å². The molecule has 8 heteroatoms.